The lowest BCUT2D eigenvalue weighted by molar-refractivity contribution is 0.0989. The number of aryl methyl sites for hydroxylation is 3. The molecule has 2 N–H and O–H groups in total. The van der Waals surface area contributed by atoms with E-state index in [1.165, 1.54) is 11.8 Å². The quantitative estimate of drug-likeness (QED) is 0.404. The van der Waals surface area contributed by atoms with Gasteiger partial charge in [0, 0.05) is 17.3 Å². The van der Waals surface area contributed by atoms with Gasteiger partial charge in [-0.05, 0) is 26.3 Å². The summed E-state index contributed by atoms with van der Waals surface area (Å²) >= 11 is 1.33. The molecule has 3 aromatic rings. The average molecular weight is 363 g/mol. The van der Waals surface area contributed by atoms with Crippen molar-refractivity contribution in [1.82, 2.24) is 9.97 Å². The Kier molecular flexibility index (Phi) is 5.38. The van der Waals surface area contributed by atoms with Crippen molar-refractivity contribution in [3.05, 3.63) is 82.5 Å². The molecule has 0 aliphatic rings. The summed E-state index contributed by atoms with van der Waals surface area (Å²) in [5.74, 6) is 0.438. The van der Waals surface area contributed by atoms with Crippen molar-refractivity contribution in [2.75, 3.05) is 5.73 Å². The highest BCUT2D eigenvalue weighted by Crippen LogP contribution is 2.36. The number of thioether (sulfide) groups is 1. The Morgan fingerprint density at radius 3 is 2.08 bits per heavy atom. The summed E-state index contributed by atoms with van der Waals surface area (Å²) in [6.07, 6.45) is 0. The molecule has 132 valence electrons. The van der Waals surface area contributed by atoms with E-state index in [1.54, 1.807) is 6.07 Å². The second-order valence-electron chi connectivity index (χ2n) is 6.36. The zero-order valence-corrected chi connectivity index (χ0v) is 15.9. The lowest BCUT2D eigenvalue weighted by Crippen LogP contribution is -2.11. The van der Waals surface area contributed by atoms with E-state index in [1.807, 2.05) is 69.3 Å². The topological polar surface area (TPSA) is 68.9 Å². The number of Topliss-reactive ketones (excluding diaryl/α,β-unsaturated/α-hetero) is 1. The van der Waals surface area contributed by atoms with Gasteiger partial charge in [-0.25, -0.2) is 9.97 Å². The van der Waals surface area contributed by atoms with Crippen molar-refractivity contribution in [2.45, 2.75) is 31.2 Å². The fraction of sp³-hybridized carbons (Fsp3) is 0.190. The number of rotatable bonds is 5. The fourth-order valence-electron chi connectivity index (χ4n) is 2.61. The molecule has 2 aromatic carbocycles. The summed E-state index contributed by atoms with van der Waals surface area (Å²) in [6.45, 7) is 5.90. The van der Waals surface area contributed by atoms with Crippen molar-refractivity contribution in [2.24, 2.45) is 0 Å². The molecule has 1 heterocycles. The standard InChI is InChI=1S/C21H21N3OS/c1-13-4-8-16(9-5-13)19(25)20(17-10-6-14(2)7-11-17)26-21-23-15(3)12-18(22)24-21/h4-12,20H,1-3H3,(H2,22,23,24)/t20-/m0/s1. The molecule has 0 saturated carbocycles. The van der Waals surface area contributed by atoms with Crippen LogP contribution in [-0.4, -0.2) is 15.8 Å². The minimum absolute atomic E-state index is 0.0301. The van der Waals surface area contributed by atoms with Crippen LogP contribution in [-0.2, 0) is 0 Å². The van der Waals surface area contributed by atoms with Crippen LogP contribution >= 0.6 is 11.8 Å². The molecule has 0 fully saturated rings. The summed E-state index contributed by atoms with van der Waals surface area (Å²) in [5, 5.41) is 0.0769. The van der Waals surface area contributed by atoms with E-state index in [2.05, 4.69) is 9.97 Å². The van der Waals surface area contributed by atoms with Crippen LogP contribution in [0.3, 0.4) is 0 Å². The summed E-state index contributed by atoms with van der Waals surface area (Å²) in [7, 11) is 0. The van der Waals surface area contributed by atoms with E-state index < -0.39 is 5.25 Å². The predicted octanol–water partition coefficient (Wildman–Crippen LogP) is 4.70. The van der Waals surface area contributed by atoms with E-state index in [-0.39, 0.29) is 5.78 Å². The van der Waals surface area contributed by atoms with E-state index in [0.29, 0.717) is 16.5 Å². The fourth-order valence-corrected chi connectivity index (χ4v) is 3.71. The van der Waals surface area contributed by atoms with Gasteiger partial charge in [0.15, 0.2) is 10.9 Å². The number of nitrogens with two attached hydrogens (primary N) is 1. The monoisotopic (exact) mass is 363 g/mol. The number of nitrogens with zero attached hydrogens (tertiary/aromatic N) is 2. The molecule has 3 rings (SSSR count). The molecular weight excluding hydrogens is 342 g/mol. The van der Waals surface area contributed by atoms with Crippen LogP contribution in [0.25, 0.3) is 0 Å². The molecule has 0 amide bonds. The first-order chi connectivity index (χ1) is 12.4. The highest BCUT2D eigenvalue weighted by Gasteiger charge is 2.25. The molecule has 0 radical (unpaired) electrons. The third kappa shape index (κ3) is 4.29. The van der Waals surface area contributed by atoms with E-state index >= 15 is 0 Å². The molecule has 1 aromatic heterocycles. The maximum absolute atomic E-state index is 13.2. The van der Waals surface area contributed by atoms with E-state index in [9.17, 15) is 4.79 Å². The molecule has 1 atom stereocenters. The van der Waals surface area contributed by atoms with Gasteiger partial charge in [-0.15, -0.1) is 0 Å². The molecule has 5 heteroatoms. The number of aromatic nitrogens is 2. The number of nitrogen functional groups attached to an aromatic ring is 1. The molecule has 4 nitrogen and oxygen atoms in total. The number of carbonyl (C=O) groups excluding carboxylic acids is 1. The first-order valence-corrected chi connectivity index (χ1v) is 9.25. The van der Waals surface area contributed by atoms with Gasteiger partial charge in [0.1, 0.15) is 11.1 Å². The summed E-state index contributed by atoms with van der Waals surface area (Å²) < 4.78 is 0. The van der Waals surface area contributed by atoms with E-state index in [0.717, 1.165) is 22.4 Å². The van der Waals surface area contributed by atoms with Crippen LogP contribution in [0.4, 0.5) is 5.82 Å². The van der Waals surface area contributed by atoms with Crippen molar-refractivity contribution in [3.8, 4) is 0 Å². The van der Waals surface area contributed by atoms with Crippen molar-refractivity contribution in [3.63, 3.8) is 0 Å². The molecular formula is C21H21N3OS. The Bertz CT molecular complexity index is 901. The van der Waals surface area contributed by atoms with Gasteiger partial charge < -0.3 is 5.73 Å². The molecule has 0 bridgehead atoms. The van der Waals surface area contributed by atoms with Gasteiger partial charge in [0.25, 0.3) is 0 Å². The minimum atomic E-state index is -0.431. The van der Waals surface area contributed by atoms with Gasteiger partial charge in [0.2, 0.25) is 0 Å². The number of ketones is 1. The Hall–Kier alpha value is -2.66. The third-order valence-corrected chi connectivity index (χ3v) is 5.15. The highest BCUT2D eigenvalue weighted by molar-refractivity contribution is 8.00. The minimum Gasteiger partial charge on any atom is -0.384 e. The number of hydrogen-bond donors (Lipinski definition) is 1. The number of benzene rings is 2. The smallest absolute Gasteiger partial charge is 0.190 e. The van der Waals surface area contributed by atoms with Gasteiger partial charge >= 0.3 is 0 Å². The molecule has 0 unspecified atom stereocenters. The Morgan fingerprint density at radius 2 is 1.50 bits per heavy atom. The second kappa shape index (κ2) is 7.70. The Balaban J connectivity index is 1.99. The average Bonchev–Trinajstić information content (AvgIpc) is 2.60. The number of hydrogen-bond acceptors (Lipinski definition) is 5. The maximum atomic E-state index is 13.2. The molecule has 0 spiro atoms. The lowest BCUT2D eigenvalue weighted by atomic mass is 10.0. The molecule has 0 saturated heterocycles. The summed E-state index contributed by atoms with van der Waals surface area (Å²) in [4.78, 5) is 21.9. The number of carbonyl (C=O) groups is 1. The van der Waals surface area contributed by atoms with Crippen molar-refractivity contribution in [1.29, 1.82) is 0 Å². The van der Waals surface area contributed by atoms with Crippen molar-refractivity contribution < 1.29 is 4.79 Å². The molecule has 0 aliphatic carbocycles. The van der Waals surface area contributed by atoms with Gasteiger partial charge in [-0.1, -0.05) is 71.4 Å². The molecule has 0 aliphatic heterocycles. The summed E-state index contributed by atoms with van der Waals surface area (Å²) in [5.41, 5.74) is 10.5. The van der Waals surface area contributed by atoms with Crippen LogP contribution in [0.15, 0.2) is 59.8 Å². The predicted molar refractivity (Wildman–Crippen MR) is 106 cm³/mol. The summed E-state index contributed by atoms with van der Waals surface area (Å²) in [6, 6.07) is 17.3. The van der Waals surface area contributed by atoms with Crippen molar-refractivity contribution >= 4 is 23.4 Å². The first kappa shape index (κ1) is 18.1. The Morgan fingerprint density at radius 1 is 0.923 bits per heavy atom. The second-order valence-corrected chi connectivity index (χ2v) is 7.43. The van der Waals surface area contributed by atoms with Crippen LogP contribution in [0.2, 0.25) is 0 Å². The zero-order chi connectivity index (χ0) is 18.7. The van der Waals surface area contributed by atoms with Crippen LogP contribution < -0.4 is 5.73 Å². The number of anilines is 1. The van der Waals surface area contributed by atoms with Gasteiger partial charge in [0.05, 0.1) is 0 Å². The van der Waals surface area contributed by atoms with Gasteiger partial charge in [-0.3, -0.25) is 4.79 Å². The van der Waals surface area contributed by atoms with Crippen LogP contribution in [0.5, 0.6) is 0 Å². The third-order valence-electron chi connectivity index (χ3n) is 4.03. The van der Waals surface area contributed by atoms with Crippen LogP contribution in [0, 0.1) is 20.8 Å². The largest absolute Gasteiger partial charge is 0.384 e. The normalized spacial score (nSPS) is 12.0. The highest BCUT2D eigenvalue weighted by atomic mass is 32.2. The van der Waals surface area contributed by atoms with Crippen LogP contribution in [0.1, 0.15) is 38.0 Å². The maximum Gasteiger partial charge on any atom is 0.190 e. The first-order valence-electron chi connectivity index (χ1n) is 8.37. The van der Waals surface area contributed by atoms with E-state index in [4.69, 9.17) is 5.73 Å². The van der Waals surface area contributed by atoms with Gasteiger partial charge in [-0.2, -0.15) is 0 Å². The molecule has 26 heavy (non-hydrogen) atoms. The Labute approximate surface area is 157 Å². The zero-order valence-electron chi connectivity index (χ0n) is 15.1. The SMILES string of the molecule is Cc1ccc(C(=O)[C@@H](Sc2nc(C)cc(N)n2)c2ccc(C)cc2)cc1. The lowest BCUT2D eigenvalue weighted by Gasteiger charge is -2.16.